The maximum Gasteiger partial charge on any atom is 0.238 e. The Hall–Kier alpha value is -3.74. The van der Waals surface area contributed by atoms with Crippen molar-refractivity contribution < 1.29 is 9.59 Å². The summed E-state index contributed by atoms with van der Waals surface area (Å²) in [7, 11) is 5.83. The molecular formula is C31H36N4O2. The van der Waals surface area contributed by atoms with Crippen LogP contribution in [-0.4, -0.2) is 75.4 Å². The number of likely N-dealkylation sites (N-methyl/N-ethyl adjacent to an activating group) is 2. The highest BCUT2D eigenvalue weighted by atomic mass is 16.2. The fourth-order valence-corrected chi connectivity index (χ4v) is 4.59. The lowest BCUT2D eigenvalue weighted by molar-refractivity contribution is -0.116. The lowest BCUT2D eigenvalue weighted by atomic mass is 9.97. The summed E-state index contributed by atoms with van der Waals surface area (Å²) in [4.78, 5) is 31.8. The van der Waals surface area contributed by atoms with Crippen LogP contribution in [0.1, 0.15) is 21.5 Å². The molecule has 0 bridgehead atoms. The fraction of sp³-hybridized carbons (Fsp3) is 0.290. The molecule has 0 aromatic heterocycles. The van der Waals surface area contributed by atoms with E-state index >= 15 is 0 Å². The van der Waals surface area contributed by atoms with Gasteiger partial charge in [-0.15, -0.1) is 0 Å². The smallest absolute Gasteiger partial charge is 0.238 e. The van der Waals surface area contributed by atoms with Crippen LogP contribution in [0.3, 0.4) is 0 Å². The van der Waals surface area contributed by atoms with Gasteiger partial charge in [0, 0.05) is 43.1 Å². The van der Waals surface area contributed by atoms with Gasteiger partial charge in [0.1, 0.15) is 0 Å². The van der Waals surface area contributed by atoms with E-state index in [0.29, 0.717) is 11.3 Å². The summed E-state index contributed by atoms with van der Waals surface area (Å²) in [6.07, 6.45) is 3.56. The molecule has 1 saturated heterocycles. The number of nitrogens with one attached hydrogen (secondary N) is 1. The summed E-state index contributed by atoms with van der Waals surface area (Å²) in [5.74, 6) is -0.218. The van der Waals surface area contributed by atoms with E-state index < -0.39 is 0 Å². The average molecular weight is 497 g/mol. The first-order chi connectivity index (χ1) is 17.8. The topological polar surface area (TPSA) is 55.9 Å². The number of piperazine rings is 1. The zero-order valence-electron chi connectivity index (χ0n) is 22.2. The maximum absolute atomic E-state index is 13.1. The summed E-state index contributed by atoms with van der Waals surface area (Å²) in [6.45, 7) is 6.31. The second kappa shape index (κ2) is 12.0. The molecule has 0 radical (unpaired) electrons. The van der Waals surface area contributed by atoms with Crippen LogP contribution in [0.25, 0.3) is 17.2 Å². The third kappa shape index (κ3) is 6.94. The Labute approximate surface area is 220 Å². The normalized spacial score (nSPS) is 14.4. The molecule has 6 nitrogen and oxygen atoms in total. The van der Waals surface area contributed by atoms with Crippen molar-refractivity contribution in [3.63, 3.8) is 0 Å². The Balaban J connectivity index is 1.61. The summed E-state index contributed by atoms with van der Waals surface area (Å²) >= 11 is 0. The maximum atomic E-state index is 13.1. The molecule has 6 heteroatoms. The van der Waals surface area contributed by atoms with Crippen molar-refractivity contribution in [2.24, 2.45) is 0 Å². The summed E-state index contributed by atoms with van der Waals surface area (Å²) in [5, 5.41) is 2.86. The van der Waals surface area contributed by atoms with Gasteiger partial charge in [0.25, 0.3) is 0 Å². The molecule has 3 aromatic carbocycles. The van der Waals surface area contributed by atoms with Crippen LogP contribution < -0.4 is 10.2 Å². The Morgan fingerprint density at radius 3 is 2.43 bits per heavy atom. The molecule has 1 aliphatic rings. The SMILES string of the molecule is Cc1ccccc1-c1ccc(N2CCN(C)CC2)c(C=CC(=O)c2cccc(NC(=O)CN(C)C)c2)c1. The predicted octanol–water partition coefficient (Wildman–Crippen LogP) is 4.81. The number of amides is 1. The second-order valence-electron chi connectivity index (χ2n) is 9.94. The van der Waals surface area contributed by atoms with Crippen molar-refractivity contribution in [3.05, 3.63) is 89.5 Å². The van der Waals surface area contributed by atoms with Crippen molar-refractivity contribution in [1.82, 2.24) is 9.80 Å². The van der Waals surface area contributed by atoms with E-state index in [9.17, 15) is 9.59 Å². The highest BCUT2D eigenvalue weighted by Gasteiger charge is 2.17. The first kappa shape index (κ1) is 26.3. The molecular weight excluding hydrogens is 460 g/mol. The van der Waals surface area contributed by atoms with E-state index in [4.69, 9.17) is 0 Å². The van der Waals surface area contributed by atoms with Gasteiger partial charge in [-0.25, -0.2) is 0 Å². The van der Waals surface area contributed by atoms with Crippen LogP contribution in [0.2, 0.25) is 0 Å². The number of benzene rings is 3. The van der Waals surface area contributed by atoms with Gasteiger partial charge in [0.15, 0.2) is 5.78 Å². The molecule has 3 aromatic rings. The zero-order valence-corrected chi connectivity index (χ0v) is 22.2. The van der Waals surface area contributed by atoms with Gasteiger partial charge in [0.05, 0.1) is 6.54 Å². The molecule has 0 atom stereocenters. The van der Waals surface area contributed by atoms with E-state index in [1.807, 2.05) is 26.2 Å². The number of hydrogen-bond donors (Lipinski definition) is 1. The number of nitrogens with zero attached hydrogens (tertiary/aromatic N) is 3. The highest BCUT2D eigenvalue weighted by Crippen LogP contribution is 2.31. The first-order valence-corrected chi connectivity index (χ1v) is 12.7. The van der Waals surface area contributed by atoms with Crippen molar-refractivity contribution in [2.45, 2.75) is 6.92 Å². The molecule has 0 aliphatic carbocycles. The molecule has 1 fully saturated rings. The molecule has 1 aliphatic heterocycles. The molecule has 0 unspecified atom stereocenters. The Morgan fingerprint density at radius 2 is 1.70 bits per heavy atom. The highest BCUT2D eigenvalue weighted by molar-refractivity contribution is 6.08. The van der Waals surface area contributed by atoms with Gasteiger partial charge in [0.2, 0.25) is 5.91 Å². The standard InChI is InChI=1S/C31H36N4O2/c1-23-8-5-6-11-28(23)24-12-14-29(35-18-16-34(4)17-19-35)25(20-24)13-15-30(36)26-9-7-10-27(21-26)32-31(37)22-33(2)3/h5-15,20-21H,16-19,22H2,1-4H3,(H,32,37). The minimum atomic E-state index is -0.116. The summed E-state index contributed by atoms with van der Waals surface area (Å²) in [6, 6.07) is 22.0. The van der Waals surface area contributed by atoms with Gasteiger partial charge < -0.3 is 20.0 Å². The van der Waals surface area contributed by atoms with E-state index in [-0.39, 0.29) is 18.2 Å². The zero-order chi connectivity index (χ0) is 26.4. The first-order valence-electron chi connectivity index (χ1n) is 12.7. The number of rotatable bonds is 8. The molecule has 1 N–H and O–H groups in total. The number of ketones is 1. The van der Waals surface area contributed by atoms with Crippen LogP contribution in [0, 0.1) is 6.92 Å². The molecule has 0 spiro atoms. The van der Waals surface area contributed by atoms with Gasteiger partial charge in [-0.05, 0) is 86.7 Å². The molecule has 1 amide bonds. The quantitative estimate of drug-likeness (QED) is 0.358. The summed E-state index contributed by atoms with van der Waals surface area (Å²) in [5.41, 5.74) is 6.85. The number of allylic oxidation sites excluding steroid dienone is 1. The van der Waals surface area contributed by atoms with Crippen molar-refractivity contribution >= 4 is 29.1 Å². The minimum Gasteiger partial charge on any atom is -0.368 e. The molecule has 37 heavy (non-hydrogen) atoms. The largest absolute Gasteiger partial charge is 0.368 e. The Kier molecular flexibility index (Phi) is 8.54. The number of carbonyl (C=O) groups excluding carboxylic acids is 2. The van der Waals surface area contributed by atoms with Crippen LogP contribution >= 0.6 is 0 Å². The van der Waals surface area contributed by atoms with Gasteiger partial charge in [-0.2, -0.15) is 0 Å². The van der Waals surface area contributed by atoms with Gasteiger partial charge in [-0.3, -0.25) is 9.59 Å². The third-order valence-corrected chi connectivity index (χ3v) is 6.63. The van der Waals surface area contributed by atoms with Gasteiger partial charge >= 0.3 is 0 Å². The average Bonchev–Trinajstić information content (AvgIpc) is 2.87. The molecule has 1 heterocycles. The van der Waals surface area contributed by atoms with Crippen LogP contribution in [0.5, 0.6) is 0 Å². The van der Waals surface area contributed by atoms with E-state index in [1.54, 1.807) is 35.2 Å². The lowest BCUT2D eigenvalue weighted by Crippen LogP contribution is -2.44. The third-order valence-electron chi connectivity index (χ3n) is 6.63. The van der Waals surface area contributed by atoms with Crippen LogP contribution in [0.4, 0.5) is 11.4 Å². The molecule has 4 rings (SSSR count). The fourth-order valence-electron chi connectivity index (χ4n) is 4.59. The van der Waals surface area contributed by atoms with E-state index in [1.165, 1.54) is 11.1 Å². The Bertz CT molecular complexity index is 1290. The monoisotopic (exact) mass is 496 g/mol. The Morgan fingerprint density at radius 1 is 0.946 bits per heavy atom. The number of carbonyl (C=O) groups is 2. The van der Waals surface area contributed by atoms with Crippen molar-refractivity contribution in [1.29, 1.82) is 0 Å². The second-order valence-corrected chi connectivity index (χ2v) is 9.94. The number of hydrogen-bond acceptors (Lipinski definition) is 5. The van der Waals surface area contributed by atoms with Gasteiger partial charge in [-0.1, -0.05) is 42.5 Å². The van der Waals surface area contributed by atoms with Crippen molar-refractivity contribution in [2.75, 3.05) is 64.1 Å². The number of anilines is 2. The predicted molar refractivity (Wildman–Crippen MR) is 153 cm³/mol. The van der Waals surface area contributed by atoms with Crippen molar-refractivity contribution in [3.8, 4) is 11.1 Å². The van der Waals surface area contributed by atoms with E-state index in [0.717, 1.165) is 43.0 Å². The van der Waals surface area contributed by atoms with E-state index in [2.05, 4.69) is 65.5 Å². The molecule has 0 saturated carbocycles. The van der Waals surface area contributed by atoms with Crippen LogP contribution in [-0.2, 0) is 4.79 Å². The van der Waals surface area contributed by atoms with Crippen LogP contribution in [0.15, 0.2) is 72.8 Å². The molecule has 192 valence electrons. The minimum absolute atomic E-state index is 0.102. The lowest BCUT2D eigenvalue weighted by Gasteiger charge is -2.35. The number of aryl methyl sites for hydroxylation is 1. The summed E-state index contributed by atoms with van der Waals surface area (Å²) < 4.78 is 0.